The van der Waals surface area contributed by atoms with Crippen LogP contribution in [0.25, 0.3) is 0 Å². The van der Waals surface area contributed by atoms with Crippen molar-refractivity contribution in [3.8, 4) is 0 Å². The third-order valence-corrected chi connectivity index (χ3v) is 2.41. The Morgan fingerprint density at radius 1 is 1.07 bits per heavy atom. The Kier molecular flexibility index (Phi) is 4.80. The van der Waals surface area contributed by atoms with E-state index in [-0.39, 0.29) is 12.2 Å². The zero-order valence-electron chi connectivity index (χ0n) is 9.51. The van der Waals surface area contributed by atoms with E-state index >= 15 is 0 Å². The van der Waals surface area contributed by atoms with Gasteiger partial charge in [0.05, 0.1) is 12.2 Å². The SMILES string of the molecule is CC(C)OC1OC(OC(C)C)C(Cl)C1O. The lowest BCUT2D eigenvalue weighted by atomic mass is 10.2. The van der Waals surface area contributed by atoms with Gasteiger partial charge in [-0.1, -0.05) is 0 Å². The monoisotopic (exact) mass is 238 g/mol. The minimum absolute atomic E-state index is 0.00116. The lowest BCUT2D eigenvalue weighted by Crippen LogP contribution is -2.32. The summed E-state index contributed by atoms with van der Waals surface area (Å²) in [6, 6.07) is 0. The Balaban J connectivity index is 2.51. The molecular weight excluding hydrogens is 220 g/mol. The molecule has 1 aliphatic rings. The fourth-order valence-electron chi connectivity index (χ4n) is 1.36. The number of alkyl halides is 1. The number of hydrogen-bond acceptors (Lipinski definition) is 4. The molecule has 1 aliphatic heterocycles. The van der Waals surface area contributed by atoms with E-state index in [1.165, 1.54) is 0 Å². The third-order valence-electron chi connectivity index (χ3n) is 1.95. The first kappa shape index (κ1) is 13.2. The maximum Gasteiger partial charge on any atom is 0.188 e. The van der Waals surface area contributed by atoms with Crippen LogP contribution in [0.3, 0.4) is 0 Å². The summed E-state index contributed by atoms with van der Waals surface area (Å²) >= 11 is 5.97. The van der Waals surface area contributed by atoms with Crippen LogP contribution >= 0.6 is 11.6 Å². The molecule has 0 aromatic heterocycles. The number of rotatable bonds is 4. The van der Waals surface area contributed by atoms with Crippen molar-refractivity contribution in [3.05, 3.63) is 0 Å². The lowest BCUT2D eigenvalue weighted by Gasteiger charge is -2.18. The van der Waals surface area contributed by atoms with Crippen LogP contribution in [0, 0.1) is 0 Å². The number of aliphatic hydroxyl groups is 1. The van der Waals surface area contributed by atoms with Crippen LogP contribution in [-0.2, 0) is 14.2 Å². The third kappa shape index (κ3) is 3.57. The van der Waals surface area contributed by atoms with Gasteiger partial charge in [-0.05, 0) is 27.7 Å². The van der Waals surface area contributed by atoms with E-state index in [0.717, 1.165) is 0 Å². The molecule has 0 radical (unpaired) electrons. The van der Waals surface area contributed by atoms with Crippen molar-refractivity contribution in [2.45, 2.75) is 64.0 Å². The van der Waals surface area contributed by atoms with Crippen LogP contribution < -0.4 is 0 Å². The second kappa shape index (κ2) is 5.46. The summed E-state index contributed by atoms with van der Waals surface area (Å²) in [5, 5.41) is 9.14. The Morgan fingerprint density at radius 2 is 1.53 bits per heavy atom. The summed E-state index contributed by atoms with van der Waals surface area (Å²) in [5.74, 6) is 0. The Bertz CT molecular complexity index is 178. The molecule has 4 unspecified atom stereocenters. The molecule has 90 valence electrons. The van der Waals surface area contributed by atoms with Crippen LogP contribution in [0.4, 0.5) is 0 Å². The van der Waals surface area contributed by atoms with Crippen LogP contribution in [0.2, 0.25) is 0 Å². The predicted octanol–water partition coefficient (Wildman–Crippen LogP) is 1.49. The van der Waals surface area contributed by atoms with Gasteiger partial charge in [-0.3, -0.25) is 0 Å². The highest BCUT2D eigenvalue weighted by Crippen LogP contribution is 2.28. The zero-order chi connectivity index (χ0) is 11.6. The first-order valence-electron chi connectivity index (χ1n) is 5.20. The molecule has 1 N–H and O–H groups in total. The first-order chi connectivity index (χ1) is 6.91. The number of ether oxygens (including phenoxy) is 3. The molecule has 0 amide bonds. The second-order valence-electron chi connectivity index (χ2n) is 4.18. The van der Waals surface area contributed by atoms with Crippen molar-refractivity contribution in [2.75, 3.05) is 0 Å². The van der Waals surface area contributed by atoms with Crippen molar-refractivity contribution in [3.63, 3.8) is 0 Å². The van der Waals surface area contributed by atoms with Crippen LogP contribution in [0.1, 0.15) is 27.7 Å². The molecule has 0 spiro atoms. The number of hydrogen-bond donors (Lipinski definition) is 1. The van der Waals surface area contributed by atoms with Crippen molar-refractivity contribution < 1.29 is 19.3 Å². The van der Waals surface area contributed by atoms with Gasteiger partial charge < -0.3 is 19.3 Å². The van der Waals surface area contributed by atoms with Crippen molar-refractivity contribution >= 4 is 11.6 Å². The predicted molar refractivity (Wildman–Crippen MR) is 56.8 cm³/mol. The lowest BCUT2D eigenvalue weighted by molar-refractivity contribution is -0.235. The molecule has 15 heavy (non-hydrogen) atoms. The summed E-state index contributed by atoms with van der Waals surface area (Å²) in [4.78, 5) is 0. The average Bonchev–Trinajstić information content (AvgIpc) is 2.32. The quantitative estimate of drug-likeness (QED) is 0.754. The molecular formula is C10H19ClO4. The summed E-state index contributed by atoms with van der Waals surface area (Å²) in [6.45, 7) is 7.51. The van der Waals surface area contributed by atoms with Gasteiger partial charge >= 0.3 is 0 Å². The van der Waals surface area contributed by atoms with Gasteiger partial charge in [0.1, 0.15) is 11.5 Å². The van der Waals surface area contributed by atoms with Crippen LogP contribution in [-0.4, -0.2) is 41.4 Å². The molecule has 4 nitrogen and oxygen atoms in total. The Labute approximate surface area is 95.5 Å². The Morgan fingerprint density at radius 3 is 2.00 bits per heavy atom. The molecule has 0 saturated carbocycles. The highest BCUT2D eigenvalue weighted by atomic mass is 35.5. The smallest absolute Gasteiger partial charge is 0.188 e. The molecule has 0 aliphatic carbocycles. The molecule has 0 aromatic rings. The van der Waals surface area contributed by atoms with E-state index in [0.29, 0.717) is 0 Å². The fraction of sp³-hybridized carbons (Fsp3) is 1.00. The van der Waals surface area contributed by atoms with Gasteiger partial charge in [0.25, 0.3) is 0 Å². The Hall–Kier alpha value is 0.130. The number of halogens is 1. The van der Waals surface area contributed by atoms with Gasteiger partial charge in [-0.2, -0.15) is 0 Å². The van der Waals surface area contributed by atoms with Crippen LogP contribution in [0.5, 0.6) is 0 Å². The zero-order valence-corrected chi connectivity index (χ0v) is 10.3. The molecule has 1 saturated heterocycles. The summed E-state index contributed by atoms with van der Waals surface area (Å²) in [5.41, 5.74) is 0. The summed E-state index contributed by atoms with van der Waals surface area (Å²) in [7, 11) is 0. The first-order valence-corrected chi connectivity index (χ1v) is 5.64. The minimum Gasteiger partial charge on any atom is -0.386 e. The maximum absolute atomic E-state index is 9.73. The fourth-order valence-corrected chi connectivity index (χ4v) is 1.59. The van der Waals surface area contributed by atoms with Crippen molar-refractivity contribution in [1.82, 2.24) is 0 Å². The van der Waals surface area contributed by atoms with Crippen molar-refractivity contribution in [1.29, 1.82) is 0 Å². The molecule has 1 rings (SSSR count). The molecule has 0 aromatic carbocycles. The van der Waals surface area contributed by atoms with Gasteiger partial charge in [0.15, 0.2) is 12.6 Å². The number of aliphatic hydroxyl groups excluding tert-OH is 1. The molecule has 0 bridgehead atoms. The van der Waals surface area contributed by atoms with Gasteiger partial charge in [-0.25, -0.2) is 0 Å². The van der Waals surface area contributed by atoms with Crippen molar-refractivity contribution in [2.24, 2.45) is 0 Å². The molecule has 1 fully saturated rings. The molecule has 4 atom stereocenters. The van der Waals surface area contributed by atoms with E-state index in [9.17, 15) is 5.11 Å². The summed E-state index contributed by atoms with van der Waals surface area (Å²) < 4.78 is 16.2. The normalized spacial score (nSPS) is 36.8. The topological polar surface area (TPSA) is 47.9 Å². The average molecular weight is 239 g/mol. The highest BCUT2D eigenvalue weighted by molar-refractivity contribution is 6.21. The van der Waals surface area contributed by atoms with Gasteiger partial charge in [-0.15, -0.1) is 11.6 Å². The van der Waals surface area contributed by atoms with Gasteiger partial charge in [0, 0.05) is 0 Å². The van der Waals surface area contributed by atoms with E-state index in [1.54, 1.807) is 0 Å². The van der Waals surface area contributed by atoms with Gasteiger partial charge in [0.2, 0.25) is 0 Å². The summed E-state index contributed by atoms with van der Waals surface area (Å²) in [6.07, 6.45) is -2.17. The van der Waals surface area contributed by atoms with Crippen LogP contribution in [0.15, 0.2) is 0 Å². The standard InChI is InChI=1S/C10H19ClO4/c1-5(2)13-9-7(11)8(12)10(15-9)14-6(3)4/h5-10,12H,1-4H3. The van der Waals surface area contributed by atoms with E-state index in [1.807, 2.05) is 27.7 Å². The second-order valence-corrected chi connectivity index (χ2v) is 4.68. The molecule has 5 heteroatoms. The minimum atomic E-state index is -0.849. The van der Waals surface area contributed by atoms with E-state index in [4.69, 9.17) is 25.8 Å². The largest absolute Gasteiger partial charge is 0.386 e. The highest BCUT2D eigenvalue weighted by Gasteiger charge is 2.44. The van der Waals surface area contributed by atoms with E-state index in [2.05, 4.69) is 0 Å². The maximum atomic E-state index is 9.73. The molecule has 1 heterocycles. The van der Waals surface area contributed by atoms with E-state index < -0.39 is 24.1 Å².